The quantitative estimate of drug-likeness (QED) is 0.459. The van der Waals surface area contributed by atoms with E-state index in [4.69, 9.17) is 0 Å². The van der Waals surface area contributed by atoms with Crippen LogP contribution < -0.4 is 0 Å². The molecule has 0 amide bonds. The highest BCUT2D eigenvalue weighted by atomic mass is 28.3. The van der Waals surface area contributed by atoms with Crippen molar-refractivity contribution >= 4 is 8.07 Å². The standard InChI is InChI=1S/C11H22Si/c1-7-9-12(8-2,10(3)4)11(5)6/h10-11H,8H2,1-6H3. The first kappa shape index (κ1) is 11.8. The van der Waals surface area contributed by atoms with Crippen molar-refractivity contribution < 1.29 is 0 Å². The summed E-state index contributed by atoms with van der Waals surface area (Å²) in [5, 5.41) is 0. The van der Waals surface area contributed by atoms with E-state index < -0.39 is 8.07 Å². The minimum Gasteiger partial charge on any atom is -0.131 e. The number of hydrogen-bond acceptors (Lipinski definition) is 0. The fourth-order valence-corrected chi connectivity index (χ4v) is 6.28. The molecular weight excluding hydrogens is 160 g/mol. The smallest absolute Gasteiger partial charge is 0.131 e. The molecule has 70 valence electrons. The Hall–Kier alpha value is -0.223. The lowest BCUT2D eigenvalue weighted by Crippen LogP contribution is -2.39. The Labute approximate surface area is 78.8 Å². The molecule has 0 nitrogen and oxygen atoms in total. The molecule has 0 unspecified atom stereocenters. The van der Waals surface area contributed by atoms with Gasteiger partial charge in [-0.1, -0.05) is 34.6 Å². The first-order valence-electron chi connectivity index (χ1n) is 4.95. The first-order valence-corrected chi connectivity index (χ1v) is 7.31. The molecule has 0 aromatic rings. The molecule has 0 spiro atoms. The van der Waals surface area contributed by atoms with E-state index in [1.165, 1.54) is 6.04 Å². The number of rotatable bonds is 3. The molecule has 0 rings (SSSR count). The van der Waals surface area contributed by atoms with E-state index in [0.717, 1.165) is 11.1 Å². The molecule has 0 fully saturated rings. The van der Waals surface area contributed by atoms with E-state index in [2.05, 4.69) is 46.1 Å². The van der Waals surface area contributed by atoms with E-state index in [1.54, 1.807) is 0 Å². The molecule has 1 heteroatoms. The lowest BCUT2D eigenvalue weighted by atomic mass is 10.5. The van der Waals surface area contributed by atoms with Crippen LogP contribution in [0.3, 0.4) is 0 Å². The van der Waals surface area contributed by atoms with E-state index in [-0.39, 0.29) is 0 Å². The Kier molecular flexibility index (Phi) is 4.63. The lowest BCUT2D eigenvalue weighted by Gasteiger charge is -2.33. The summed E-state index contributed by atoms with van der Waals surface area (Å²) in [5.74, 6) is 3.13. The highest BCUT2D eigenvalue weighted by Crippen LogP contribution is 2.34. The minimum absolute atomic E-state index is 0.787. The zero-order valence-electron chi connectivity index (χ0n) is 9.36. The average molecular weight is 182 g/mol. The first-order chi connectivity index (χ1) is 5.51. The molecule has 0 bridgehead atoms. The van der Waals surface area contributed by atoms with Gasteiger partial charge >= 0.3 is 0 Å². The fraction of sp³-hybridized carbons (Fsp3) is 0.818. The van der Waals surface area contributed by atoms with Crippen molar-refractivity contribution in [2.24, 2.45) is 0 Å². The van der Waals surface area contributed by atoms with Gasteiger partial charge in [-0.2, -0.15) is 0 Å². The Balaban J connectivity index is 4.85. The van der Waals surface area contributed by atoms with Crippen LogP contribution in [-0.2, 0) is 0 Å². The molecule has 0 aliphatic carbocycles. The zero-order valence-corrected chi connectivity index (χ0v) is 10.4. The predicted molar refractivity (Wildman–Crippen MR) is 59.9 cm³/mol. The summed E-state index contributed by atoms with van der Waals surface area (Å²) in [6.45, 7) is 13.6. The molecule has 0 radical (unpaired) electrons. The average Bonchev–Trinajstić information content (AvgIpc) is 1.98. The van der Waals surface area contributed by atoms with Crippen LogP contribution in [0, 0.1) is 11.5 Å². The molecule has 0 aliphatic heterocycles. The summed E-state index contributed by atoms with van der Waals surface area (Å²) < 4.78 is 0. The third kappa shape index (κ3) is 2.14. The van der Waals surface area contributed by atoms with Gasteiger partial charge in [0.25, 0.3) is 0 Å². The summed E-state index contributed by atoms with van der Waals surface area (Å²) in [6.07, 6.45) is 0. The van der Waals surface area contributed by atoms with Crippen molar-refractivity contribution in [2.45, 2.75) is 58.7 Å². The second-order valence-corrected chi connectivity index (χ2v) is 9.43. The minimum atomic E-state index is -1.29. The normalized spacial score (nSPS) is 11.7. The van der Waals surface area contributed by atoms with Crippen molar-refractivity contribution in [3.63, 3.8) is 0 Å². The van der Waals surface area contributed by atoms with Crippen molar-refractivity contribution in [1.82, 2.24) is 0 Å². The van der Waals surface area contributed by atoms with Crippen LogP contribution in [0.25, 0.3) is 0 Å². The van der Waals surface area contributed by atoms with Crippen LogP contribution in [0.4, 0.5) is 0 Å². The van der Waals surface area contributed by atoms with Crippen molar-refractivity contribution in [3.05, 3.63) is 0 Å². The summed E-state index contributed by atoms with van der Waals surface area (Å²) in [5.41, 5.74) is 5.11. The van der Waals surface area contributed by atoms with Crippen LogP contribution in [0.1, 0.15) is 41.5 Å². The van der Waals surface area contributed by atoms with Gasteiger partial charge in [0.15, 0.2) is 0 Å². The molecule has 0 heterocycles. The zero-order chi connectivity index (χ0) is 9.78. The second-order valence-electron chi connectivity index (χ2n) is 4.08. The lowest BCUT2D eigenvalue weighted by molar-refractivity contribution is 0.900. The van der Waals surface area contributed by atoms with Gasteiger partial charge in [-0.15, -0.1) is 11.5 Å². The third-order valence-corrected chi connectivity index (χ3v) is 9.01. The van der Waals surface area contributed by atoms with E-state index in [9.17, 15) is 0 Å². The summed E-state index contributed by atoms with van der Waals surface area (Å²) in [6, 6.07) is 1.29. The van der Waals surface area contributed by atoms with Crippen molar-refractivity contribution in [3.8, 4) is 11.5 Å². The van der Waals surface area contributed by atoms with Crippen LogP contribution >= 0.6 is 0 Å². The summed E-state index contributed by atoms with van der Waals surface area (Å²) >= 11 is 0. The van der Waals surface area contributed by atoms with E-state index in [1.807, 2.05) is 6.92 Å². The van der Waals surface area contributed by atoms with Crippen LogP contribution in [-0.4, -0.2) is 8.07 Å². The molecule has 0 aliphatic rings. The largest absolute Gasteiger partial charge is 0.143 e. The fourth-order valence-electron chi connectivity index (χ4n) is 2.09. The predicted octanol–water partition coefficient (Wildman–Crippen LogP) is 3.84. The van der Waals surface area contributed by atoms with Crippen LogP contribution in [0.5, 0.6) is 0 Å². The van der Waals surface area contributed by atoms with Gasteiger partial charge in [-0.05, 0) is 24.1 Å². The second kappa shape index (κ2) is 4.72. The SMILES string of the molecule is CC#C[Si](CC)(C(C)C)C(C)C. The topological polar surface area (TPSA) is 0 Å². The van der Waals surface area contributed by atoms with Gasteiger partial charge in [0.05, 0.1) is 0 Å². The molecular formula is C11H22Si. The van der Waals surface area contributed by atoms with Crippen molar-refractivity contribution in [1.29, 1.82) is 0 Å². The summed E-state index contributed by atoms with van der Waals surface area (Å²) in [7, 11) is -1.29. The van der Waals surface area contributed by atoms with Gasteiger partial charge in [0, 0.05) is 0 Å². The van der Waals surface area contributed by atoms with Gasteiger partial charge < -0.3 is 0 Å². The third-order valence-electron chi connectivity index (χ3n) is 3.00. The van der Waals surface area contributed by atoms with Crippen LogP contribution in [0.2, 0.25) is 17.1 Å². The van der Waals surface area contributed by atoms with E-state index in [0.29, 0.717) is 0 Å². The molecule has 0 N–H and O–H groups in total. The maximum Gasteiger partial charge on any atom is 0.143 e. The summed E-state index contributed by atoms with van der Waals surface area (Å²) in [4.78, 5) is 0. The molecule has 0 saturated heterocycles. The Morgan fingerprint density at radius 1 is 1.08 bits per heavy atom. The van der Waals surface area contributed by atoms with Gasteiger partial charge in [-0.3, -0.25) is 0 Å². The van der Waals surface area contributed by atoms with Gasteiger partial charge in [-0.25, -0.2) is 0 Å². The maximum atomic E-state index is 3.53. The molecule has 0 aromatic carbocycles. The Bertz CT molecular complexity index is 173. The monoisotopic (exact) mass is 182 g/mol. The molecule has 0 aromatic heterocycles. The Morgan fingerprint density at radius 2 is 1.50 bits per heavy atom. The molecule has 0 atom stereocenters. The van der Waals surface area contributed by atoms with E-state index >= 15 is 0 Å². The number of hydrogen-bond donors (Lipinski definition) is 0. The highest BCUT2D eigenvalue weighted by Gasteiger charge is 2.36. The molecule has 0 saturated carbocycles. The Morgan fingerprint density at radius 3 is 1.58 bits per heavy atom. The van der Waals surface area contributed by atoms with Gasteiger partial charge in [0.2, 0.25) is 0 Å². The van der Waals surface area contributed by atoms with Gasteiger partial charge in [0.1, 0.15) is 8.07 Å². The van der Waals surface area contributed by atoms with Crippen LogP contribution in [0.15, 0.2) is 0 Å². The highest BCUT2D eigenvalue weighted by molar-refractivity contribution is 6.89. The maximum absolute atomic E-state index is 3.53. The van der Waals surface area contributed by atoms with Crippen molar-refractivity contribution in [2.75, 3.05) is 0 Å². The molecule has 12 heavy (non-hydrogen) atoms.